The molecule has 0 N–H and O–H groups in total. The third-order valence-corrected chi connectivity index (χ3v) is 12.9. The molecule has 0 radical (unpaired) electrons. The summed E-state index contributed by atoms with van der Waals surface area (Å²) in [6.07, 6.45) is 0. The second-order valence-corrected chi connectivity index (χ2v) is 16.1. The summed E-state index contributed by atoms with van der Waals surface area (Å²) in [6.45, 7) is 0. The van der Waals surface area contributed by atoms with Crippen LogP contribution in [0.2, 0.25) is 0 Å². The van der Waals surface area contributed by atoms with Crippen LogP contribution in [0, 0.1) is 0 Å². The molecule has 56 heavy (non-hydrogen) atoms. The Labute approximate surface area is 331 Å². The molecule has 262 valence electrons. The van der Waals surface area contributed by atoms with Crippen molar-refractivity contribution < 1.29 is 0 Å². The predicted molar refractivity (Wildman–Crippen MR) is 238 cm³/mol. The highest BCUT2D eigenvalue weighted by atomic mass is 32.1. The van der Waals surface area contributed by atoms with Gasteiger partial charge in [-0.15, -0.1) is 22.7 Å². The summed E-state index contributed by atoms with van der Waals surface area (Å²) in [5.74, 6) is 1.99. The van der Waals surface area contributed by atoms with E-state index in [2.05, 4.69) is 152 Å². The summed E-state index contributed by atoms with van der Waals surface area (Å²) in [4.78, 5) is 15.2. The topological polar surface area (TPSA) is 38.7 Å². The van der Waals surface area contributed by atoms with Gasteiger partial charge in [0.2, 0.25) is 0 Å². The summed E-state index contributed by atoms with van der Waals surface area (Å²) < 4.78 is 5.04. The Balaban J connectivity index is 1.11. The van der Waals surface area contributed by atoms with Gasteiger partial charge in [-0.1, -0.05) is 164 Å². The Kier molecular flexibility index (Phi) is 7.87. The molecule has 0 fully saturated rings. The molecule has 11 rings (SSSR count). The van der Waals surface area contributed by atoms with Crippen molar-refractivity contribution in [3.8, 4) is 67.5 Å². The van der Waals surface area contributed by atoms with Crippen LogP contribution in [0.3, 0.4) is 0 Å². The predicted octanol–water partition coefficient (Wildman–Crippen LogP) is 14.6. The summed E-state index contributed by atoms with van der Waals surface area (Å²) >= 11 is 3.71. The van der Waals surface area contributed by atoms with E-state index in [1.165, 1.54) is 73.7 Å². The van der Waals surface area contributed by atoms with E-state index in [0.29, 0.717) is 17.5 Å². The lowest BCUT2D eigenvalue weighted by atomic mass is 9.93. The molecule has 3 aromatic heterocycles. The zero-order valence-electron chi connectivity index (χ0n) is 30.1. The van der Waals surface area contributed by atoms with Crippen molar-refractivity contribution in [2.24, 2.45) is 0 Å². The zero-order valence-corrected chi connectivity index (χ0v) is 31.7. The quantitative estimate of drug-likeness (QED) is 0.170. The first-order chi connectivity index (χ1) is 27.7. The lowest BCUT2D eigenvalue weighted by molar-refractivity contribution is 1.08. The van der Waals surface area contributed by atoms with E-state index in [1.54, 1.807) is 0 Å². The van der Waals surface area contributed by atoms with Crippen molar-refractivity contribution in [2.75, 3.05) is 0 Å². The van der Waals surface area contributed by atoms with E-state index in [1.807, 2.05) is 59.1 Å². The molecular formula is C51H31N3S2. The van der Waals surface area contributed by atoms with Gasteiger partial charge < -0.3 is 0 Å². The zero-order chi connectivity index (χ0) is 37.0. The van der Waals surface area contributed by atoms with E-state index in [4.69, 9.17) is 15.0 Å². The highest BCUT2D eigenvalue weighted by Gasteiger charge is 2.20. The number of fused-ring (bicyclic) bond motifs is 6. The number of rotatable bonds is 6. The third-order valence-electron chi connectivity index (χ3n) is 10.6. The summed E-state index contributed by atoms with van der Waals surface area (Å²) in [5, 5.41) is 4.98. The van der Waals surface area contributed by atoms with Crippen molar-refractivity contribution in [1.29, 1.82) is 0 Å². The monoisotopic (exact) mass is 749 g/mol. The highest BCUT2D eigenvalue weighted by Crippen LogP contribution is 2.47. The van der Waals surface area contributed by atoms with Gasteiger partial charge >= 0.3 is 0 Å². The second-order valence-electron chi connectivity index (χ2n) is 13.9. The molecule has 5 heteroatoms. The first-order valence-corrected chi connectivity index (χ1v) is 20.3. The van der Waals surface area contributed by atoms with E-state index in [0.717, 1.165) is 16.7 Å². The molecule has 0 saturated heterocycles. The Morgan fingerprint density at radius 3 is 1.52 bits per heavy atom. The van der Waals surface area contributed by atoms with E-state index >= 15 is 0 Å². The Morgan fingerprint density at radius 2 is 0.804 bits per heavy atom. The fourth-order valence-corrected chi connectivity index (χ4v) is 10.3. The smallest absolute Gasteiger partial charge is 0.164 e. The van der Waals surface area contributed by atoms with Crippen LogP contribution >= 0.6 is 22.7 Å². The van der Waals surface area contributed by atoms with Gasteiger partial charge in [-0.05, 0) is 57.6 Å². The molecule has 0 aliphatic carbocycles. The Morgan fingerprint density at radius 1 is 0.286 bits per heavy atom. The Hall–Kier alpha value is -6.79. The minimum atomic E-state index is 0.660. The number of nitrogens with zero attached hydrogens (tertiary/aromatic N) is 3. The first kappa shape index (κ1) is 32.6. The van der Waals surface area contributed by atoms with Gasteiger partial charge in [-0.25, -0.2) is 15.0 Å². The lowest BCUT2D eigenvalue weighted by Gasteiger charge is -2.12. The van der Waals surface area contributed by atoms with Crippen molar-refractivity contribution in [1.82, 2.24) is 15.0 Å². The number of hydrogen-bond acceptors (Lipinski definition) is 5. The molecule has 8 aromatic carbocycles. The second kappa shape index (κ2) is 13.5. The van der Waals surface area contributed by atoms with Gasteiger partial charge in [0.05, 0.1) is 0 Å². The average Bonchev–Trinajstić information content (AvgIpc) is 3.86. The van der Waals surface area contributed by atoms with Crippen LogP contribution < -0.4 is 0 Å². The molecule has 11 aromatic rings. The standard InChI is InChI=1S/C51H31N3S2/c1-4-14-32(15-5-1)33-26-28-34(29-27-33)42-30-37(31-45-46(42)39-20-10-11-24-43(39)55-45)38-21-12-22-40-47-41(23-13-25-44(47)56-48(38)40)51-53-49(35-16-6-2-7-17-35)52-50(54-51)36-18-8-3-9-19-36/h1-31H. The van der Waals surface area contributed by atoms with E-state index < -0.39 is 0 Å². The van der Waals surface area contributed by atoms with E-state index in [9.17, 15) is 0 Å². The number of hydrogen-bond donors (Lipinski definition) is 0. The average molecular weight is 750 g/mol. The van der Waals surface area contributed by atoms with Crippen LogP contribution in [0.5, 0.6) is 0 Å². The molecule has 0 atom stereocenters. The van der Waals surface area contributed by atoms with Crippen molar-refractivity contribution in [3.05, 3.63) is 188 Å². The van der Waals surface area contributed by atoms with E-state index in [-0.39, 0.29) is 0 Å². The third kappa shape index (κ3) is 5.60. The van der Waals surface area contributed by atoms with Gasteiger partial charge in [0.15, 0.2) is 17.5 Å². The molecule has 3 nitrogen and oxygen atoms in total. The molecule has 0 aliphatic heterocycles. The van der Waals surface area contributed by atoms with Crippen LogP contribution in [-0.4, -0.2) is 15.0 Å². The maximum atomic E-state index is 5.13. The summed E-state index contributed by atoms with van der Waals surface area (Å²) in [5.41, 5.74) is 10.3. The molecular weight excluding hydrogens is 719 g/mol. The van der Waals surface area contributed by atoms with Gasteiger partial charge in [-0.2, -0.15) is 0 Å². The molecule has 3 heterocycles. The van der Waals surface area contributed by atoms with Crippen LogP contribution in [0.25, 0.3) is 108 Å². The fourth-order valence-electron chi connectivity index (χ4n) is 7.90. The van der Waals surface area contributed by atoms with Gasteiger partial charge in [0.25, 0.3) is 0 Å². The minimum absolute atomic E-state index is 0.660. The lowest BCUT2D eigenvalue weighted by Crippen LogP contribution is -2.00. The fraction of sp³-hybridized carbons (Fsp3) is 0. The van der Waals surface area contributed by atoms with Crippen molar-refractivity contribution in [3.63, 3.8) is 0 Å². The maximum absolute atomic E-state index is 5.13. The van der Waals surface area contributed by atoms with Crippen LogP contribution in [-0.2, 0) is 0 Å². The van der Waals surface area contributed by atoms with Crippen LogP contribution in [0.15, 0.2) is 188 Å². The maximum Gasteiger partial charge on any atom is 0.164 e. The first-order valence-electron chi connectivity index (χ1n) is 18.7. The SMILES string of the molecule is c1ccc(-c2ccc(-c3cc(-c4cccc5c4sc4cccc(-c6nc(-c7ccccc7)nc(-c7ccccc7)n6)c45)cc4sc5ccccc5c34)cc2)cc1. The van der Waals surface area contributed by atoms with Gasteiger partial charge in [0, 0.05) is 57.0 Å². The van der Waals surface area contributed by atoms with Crippen LogP contribution in [0.1, 0.15) is 0 Å². The molecule has 0 amide bonds. The molecule has 0 bridgehead atoms. The van der Waals surface area contributed by atoms with Crippen LogP contribution in [0.4, 0.5) is 0 Å². The highest BCUT2D eigenvalue weighted by molar-refractivity contribution is 7.26. The Bertz CT molecular complexity index is 3170. The molecule has 0 spiro atoms. The van der Waals surface area contributed by atoms with Gasteiger partial charge in [-0.3, -0.25) is 0 Å². The van der Waals surface area contributed by atoms with Crippen molar-refractivity contribution >= 4 is 63.0 Å². The summed E-state index contributed by atoms with van der Waals surface area (Å²) in [7, 11) is 0. The molecule has 0 saturated carbocycles. The minimum Gasteiger partial charge on any atom is -0.208 e. The largest absolute Gasteiger partial charge is 0.208 e. The number of benzene rings is 8. The molecule has 0 aliphatic rings. The normalized spacial score (nSPS) is 11.6. The summed E-state index contributed by atoms with van der Waals surface area (Å²) in [6, 6.07) is 66.8. The number of thiophene rings is 2. The number of aromatic nitrogens is 3. The van der Waals surface area contributed by atoms with Gasteiger partial charge in [0.1, 0.15) is 0 Å². The molecule has 0 unspecified atom stereocenters. The van der Waals surface area contributed by atoms with Crippen molar-refractivity contribution in [2.45, 2.75) is 0 Å².